The van der Waals surface area contributed by atoms with Crippen LogP contribution in [0.4, 0.5) is 0 Å². The number of carbonyl (C=O) groups excluding carboxylic acids is 2. The molecule has 0 aromatic heterocycles. The lowest BCUT2D eigenvalue weighted by Gasteiger charge is -2.23. The van der Waals surface area contributed by atoms with Gasteiger partial charge in [-0.15, -0.1) is 12.4 Å². The second-order valence-corrected chi connectivity index (χ2v) is 7.06. The Morgan fingerprint density at radius 3 is 2.27 bits per heavy atom. The van der Waals surface area contributed by atoms with Gasteiger partial charge < -0.3 is 26.5 Å². The van der Waals surface area contributed by atoms with Gasteiger partial charge in [-0.05, 0) is 49.4 Å². The number of phenols is 1. The van der Waals surface area contributed by atoms with Gasteiger partial charge in [-0.25, -0.2) is 0 Å². The number of aryl methyl sites for hydroxylation is 1. The van der Waals surface area contributed by atoms with Crippen molar-refractivity contribution in [2.75, 3.05) is 13.6 Å². The summed E-state index contributed by atoms with van der Waals surface area (Å²) in [6, 6.07) is 15.3. The summed E-state index contributed by atoms with van der Waals surface area (Å²) in [5.74, 6) is -0.346. The van der Waals surface area contributed by atoms with E-state index in [1.54, 1.807) is 43.1 Å². The first-order valence-electron chi connectivity index (χ1n) is 9.49. The highest BCUT2D eigenvalue weighted by atomic mass is 35.5. The summed E-state index contributed by atoms with van der Waals surface area (Å²) in [5, 5.41) is 12.0. The van der Waals surface area contributed by atoms with Crippen molar-refractivity contribution in [2.45, 2.75) is 38.3 Å². The van der Waals surface area contributed by atoms with E-state index < -0.39 is 12.1 Å². The van der Waals surface area contributed by atoms with E-state index >= 15 is 0 Å². The van der Waals surface area contributed by atoms with Gasteiger partial charge in [0, 0.05) is 13.6 Å². The molecule has 6 N–H and O–H groups in total. The van der Waals surface area contributed by atoms with Gasteiger partial charge in [-0.1, -0.05) is 42.5 Å². The number of phenolic OH excluding ortho intramolecular Hbond substituents is 1. The summed E-state index contributed by atoms with van der Waals surface area (Å²) in [6.07, 6.45) is 2.09. The second kappa shape index (κ2) is 13.6. The minimum absolute atomic E-state index is 0. The predicted molar refractivity (Wildman–Crippen MR) is 121 cm³/mol. The fourth-order valence-corrected chi connectivity index (χ4v) is 2.97. The highest BCUT2D eigenvalue weighted by molar-refractivity contribution is 5.89. The molecule has 0 unspecified atom stereocenters. The molecule has 166 valence electrons. The summed E-state index contributed by atoms with van der Waals surface area (Å²) < 4.78 is 0. The molecule has 2 aromatic rings. The van der Waals surface area contributed by atoms with E-state index in [1.165, 1.54) is 5.56 Å². The van der Waals surface area contributed by atoms with Crippen molar-refractivity contribution in [3.8, 4) is 5.75 Å². The maximum absolute atomic E-state index is 12.5. The molecule has 2 rings (SSSR count). The van der Waals surface area contributed by atoms with Gasteiger partial charge >= 0.3 is 0 Å². The third kappa shape index (κ3) is 8.82. The van der Waals surface area contributed by atoms with Crippen LogP contribution in [0.5, 0.6) is 5.75 Å². The fourth-order valence-electron chi connectivity index (χ4n) is 2.97. The van der Waals surface area contributed by atoms with Crippen molar-refractivity contribution in [3.63, 3.8) is 0 Å². The highest BCUT2D eigenvalue weighted by Crippen LogP contribution is 2.11. The maximum atomic E-state index is 12.5. The van der Waals surface area contributed by atoms with Crippen LogP contribution in [0.3, 0.4) is 0 Å². The zero-order valence-electron chi connectivity index (χ0n) is 17.4. The van der Waals surface area contributed by atoms with Crippen molar-refractivity contribution in [1.82, 2.24) is 10.2 Å². The van der Waals surface area contributed by atoms with E-state index in [0.29, 0.717) is 13.0 Å². The van der Waals surface area contributed by atoms with E-state index in [2.05, 4.69) is 17.4 Å². The van der Waals surface area contributed by atoms with Crippen LogP contribution in [0.2, 0.25) is 0 Å². The van der Waals surface area contributed by atoms with E-state index in [1.807, 2.05) is 18.2 Å². The zero-order chi connectivity index (χ0) is 20.5. The Labute approximate surface area is 184 Å². The topological polar surface area (TPSA) is 127 Å². The number of nitrogens with zero attached hydrogens (tertiary/aromatic N) is 1. The number of amides is 2. The summed E-state index contributed by atoms with van der Waals surface area (Å²) >= 11 is 0. The number of carbonyl (C=O) groups is 2. The van der Waals surface area contributed by atoms with Crippen molar-refractivity contribution in [1.29, 1.82) is 0 Å². The molecule has 7 nitrogen and oxygen atoms in total. The monoisotopic (exact) mass is 437 g/mol. The van der Waals surface area contributed by atoms with Gasteiger partial charge in [0.1, 0.15) is 11.8 Å². The Kier molecular flexibility index (Phi) is 12.4. The van der Waals surface area contributed by atoms with E-state index in [9.17, 15) is 14.7 Å². The molecule has 8 heteroatoms. The first kappa shape index (κ1) is 27.4. The highest BCUT2D eigenvalue weighted by Gasteiger charge is 2.22. The van der Waals surface area contributed by atoms with Crippen molar-refractivity contribution >= 4 is 24.2 Å². The quantitative estimate of drug-likeness (QED) is 0.548. The molecule has 0 radical (unpaired) electrons. The first-order chi connectivity index (χ1) is 13.4. The Balaban J connectivity index is 0.00000420. The SMILES string of the molecule is C[C@@H](NC(=O)[C@@H](N)Cc1ccc(O)cc1)C(=O)N(C)CCCc1ccccc1.Cl.O. The minimum Gasteiger partial charge on any atom is -0.508 e. The Morgan fingerprint density at radius 2 is 1.67 bits per heavy atom. The zero-order valence-corrected chi connectivity index (χ0v) is 18.2. The van der Waals surface area contributed by atoms with Crippen LogP contribution in [0.1, 0.15) is 24.5 Å². The normalized spacial score (nSPS) is 12.0. The molecule has 0 aliphatic heterocycles. The van der Waals surface area contributed by atoms with Crippen molar-refractivity contribution < 1.29 is 20.2 Å². The number of benzene rings is 2. The smallest absolute Gasteiger partial charge is 0.244 e. The minimum atomic E-state index is -0.761. The van der Waals surface area contributed by atoms with E-state index in [0.717, 1.165) is 18.4 Å². The van der Waals surface area contributed by atoms with Crippen LogP contribution in [0, 0.1) is 0 Å². The number of nitrogens with one attached hydrogen (secondary N) is 1. The van der Waals surface area contributed by atoms with Gasteiger partial charge in [-0.3, -0.25) is 9.59 Å². The Hall–Kier alpha value is -2.61. The molecule has 2 amide bonds. The standard InChI is InChI=1S/C22H29N3O3.ClH.H2O/c1-16(22(28)25(2)14-6-9-17-7-4-3-5-8-17)24-21(27)20(23)15-18-10-12-19(26)13-11-18;;/h3-5,7-8,10-13,16,20,26H,6,9,14-15,23H2,1-2H3,(H,24,27);1H;1H2/t16-,20+;;/m1../s1. The maximum Gasteiger partial charge on any atom is 0.244 e. The molecule has 0 bridgehead atoms. The molecule has 0 spiro atoms. The average molecular weight is 438 g/mol. The van der Waals surface area contributed by atoms with Crippen LogP contribution in [-0.2, 0) is 22.4 Å². The number of halogens is 1. The van der Waals surface area contributed by atoms with Crippen LogP contribution in [0.15, 0.2) is 54.6 Å². The molecular weight excluding hydrogens is 406 g/mol. The molecule has 0 saturated carbocycles. The van der Waals surface area contributed by atoms with Gasteiger partial charge in [0.05, 0.1) is 6.04 Å². The lowest BCUT2D eigenvalue weighted by atomic mass is 10.1. The van der Waals surface area contributed by atoms with Crippen LogP contribution in [0.25, 0.3) is 0 Å². The predicted octanol–water partition coefficient (Wildman–Crippen LogP) is 1.45. The number of aromatic hydroxyl groups is 1. The van der Waals surface area contributed by atoms with Gasteiger partial charge in [0.2, 0.25) is 11.8 Å². The molecule has 2 atom stereocenters. The molecule has 0 fully saturated rings. The first-order valence-corrected chi connectivity index (χ1v) is 9.49. The number of hydrogen-bond donors (Lipinski definition) is 3. The average Bonchev–Trinajstić information content (AvgIpc) is 2.69. The molecule has 30 heavy (non-hydrogen) atoms. The lowest BCUT2D eigenvalue weighted by Crippen LogP contribution is -2.51. The van der Waals surface area contributed by atoms with Crippen LogP contribution < -0.4 is 11.1 Å². The Bertz CT molecular complexity index is 772. The van der Waals surface area contributed by atoms with Gasteiger partial charge in [0.15, 0.2) is 0 Å². The molecule has 2 aromatic carbocycles. The van der Waals surface area contributed by atoms with Crippen molar-refractivity contribution in [2.24, 2.45) is 5.73 Å². The van der Waals surface area contributed by atoms with Gasteiger partial charge in [-0.2, -0.15) is 0 Å². The molecule has 0 aliphatic carbocycles. The third-order valence-electron chi connectivity index (χ3n) is 4.64. The molecule has 0 saturated heterocycles. The molecular formula is C22H32ClN3O4. The van der Waals surface area contributed by atoms with E-state index in [4.69, 9.17) is 5.73 Å². The summed E-state index contributed by atoms with van der Waals surface area (Å²) in [4.78, 5) is 26.4. The number of hydrogen-bond acceptors (Lipinski definition) is 4. The van der Waals surface area contributed by atoms with Crippen LogP contribution in [-0.4, -0.2) is 53.0 Å². The largest absolute Gasteiger partial charge is 0.508 e. The second-order valence-electron chi connectivity index (χ2n) is 7.06. The molecule has 0 aliphatic rings. The summed E-state index contributed by atoms with van der Waals surface area (Å²) in [6.45, 7) is 2.29. The Morgan fingerprint density at radius 1 is 1.07 bits per heavy atom. The van der Waals surface area contributed by atoms with Crippen LogP contribution >= 0.6 is 12.4 Å². The third-order valence-corrected chi connectivity index (χ3v) is 4.64. The lowest BCUT2D eigenvalue weighted by molar-refractivity contribution is -0.135. The molecule has 0 heterocycles. The number of likely N-dealkylation sites (N-methyl/N-ethyl adjacent to an activating group) is 1. The van der Waals surface area contributed by atoms with Gasteiger partial charge in [0.25, 0.3) is 0 Å². The number of nitrogens with two attached hydrogens (primary N) is 1. The number of rotatable bonds is 9. The summed E-state index contributed by atoms with van der Waals surface area (Å²) in [7, 11) is 1.74. The summed E-state index contributed by atoms with van der Waals surface area (Å²) in [5.41, 5.74) is 8.04. The fraction of sp³-hybridized carbons (Fsp3) is 0.364. The van der Waals surface area contributed by atoms with Crippen molar-refractivity contribution in [3.05, 3.63) is 65.7 Å². The van der Waals surface area contributed by atoms with E-state index in [-0.39, 0.29) is 35.4 Å².